The molecule has 0 aliphatic rings. The third-order valence-corrected chi connectivity index (χ3v) is 0. The van der Waals surface area contributed by atoms with Gasteiger partial charge in [0.15, 0.2) is 0 Å². The fourth-order valence-electron chi connectivity index (χ4n) is 0. The molecule has 0 aliphatic carbocycles. The van der Waals surface area contributed by atoms with Crippen molar-refractivity contribution in [3.05, 3.63) is 0 Å². The third-order valence-electron chi connectivity index (χ3n) is 0. The van der Waals surface area contributed by atoms with Crippen LogP contribution in [0.15, 0.2) is 0 Å². The Bertz CT molecular complexity index is 96.8. The maximum Gasteiger partial charge on any atom is 0.0311 e. The summed E-state index contributed by atoms with van der Waals surface area (Å²) in [6.07, 6.45) is 0. The van der Waals surface area contributed by atoms with E-state index in [1.165, 1.54) is 0 Å². The van der Waals surface area contributed by atoms with Crippen LogP contribution in [0.3, 0.4) is 0 Å². The predicted molar refractivity (Wildman–Crippen MR) is 39.4 cm³/mol. The summed E-state index contributed by atoms with van der Waals surface area (Å²) in [5.74, 6) is 0. The minimum absolute atomic E-state index is 0. The van der Waals surface area contributed by atoms with Crippen LogP contribution in [0.25, 0.3) is 0 Å². The van der Waals surface area contributed by atoms with Crippen LogP contribution in [0.5, 0.6) is 0 Å². The summed E-state index contributed by atoms with van der Waals surface area (Å²) in [5.41, 5.74) is 0. The molecule has 0 rings (SSSR count). The molecule has 0 aromatic rings. The van der Waals surface area contributed by atoms with Crippen LogP contribution in [0.4, 0.5) is 0 Å². The molecular formula is H16O12STi2-2. The van der Waals surface area contributed by atoms with E-state index in [1.807, 2.05) is 0 Å². The van der Waals surface area contributed by atoms with Gasteiger partial charge in [0.2, 0.25) is 0 Å². The monoisotopic (exact) mass is 336 g/mol. The molecule has 104 valence electrons. The Labute approximate surface area is 115 Å². The van der Waals surface area contributed by atoms with Gasteiger partial charge in [0, 0.05) is 53.8 Å². The van der Waals surface area contributed by atoms with Crippen molar-refractivity contribution in [1.82, 2.24) is 0 Å². The van der Waals surface area contributed by atoms with Gasteiger partial charge in [0.1, 0.15) is 0 Å². The topological polar surface area (TPSA) is 332 Å². The van der Waals surface area contributed by atoms with Crippen molar-refractivity contribution >= 4 is 10.4 Å². The summed E-state index contributed by atoms with van der Waals surface area (Å²) in [6.45, 7) is 0. The molecule has 0 unspecified atom stereocenters. The van der Waals surface area contributed by atoms with Crippen molar-refractivity contribution < 1.29 is 105 Å². The van der Waals surface area contributed by atoms with E-state index in [0.717, 1.165) is 0 Å². The predicted octanol–water partition coefficient (Wildman–Crippen LogP) is -7.94. The largest absolute Gasteiger partial charge is 0.759 e. The molecule has 0 amide bonds. The average molecular weight is 336 g/mol. The summed E-state index contributed by atoms with van der Waals surface area (Å²) in [7, 11) is -5.17. The molecule has 0 radical (unpaired) electrons. The maximum absolute atomic E-state index is 8.52. The van der Waals surface area contributed by atoms with Crippen molar-refractivity contribution in [3.8, 4) is 0 Å². The zero-order valence-corrected chi connectivity index (χ0v) is 11.0. The van der Waals surface area contributed by atoms with Crippen molar-refractivity contribution in [3.63, 3.8) is 0 Å². The van der Waals surface area contributed by atoms with Gasteiger partial charge < -0.3 is 52.9 Å². The van der Waals surface area contributed by atoms with E-state index in [0.29, 0.717) is 0 Å². The Hall–Kier alpha value is 0.979. The normalized spacial score (nSPS) is 3.87. The third kappa shape index (κ3) is 2630. The average Bonchev–Trinajstić information content (AvgIpc) is 0.722. The van der Waals surface area contributed by atoms with Crippen LogP contribution in [-0.4, -0.2) is 61.3 Å². The van der Waals surface area contributed by atoms with Gasteiger partial charge >= 0.3 is 0 Å². The van der Waals surface area contributed by atoms with E-state index < -0.39 is 10.4 Å². The molecule has 0 saturated carbocycles. The van der Waals surface area contributed by atoms with Gasteiger partial charge in [-0.05, 0) is 0 Å². The maximum atomic E-state index is 8.52. The second-order valence-electron chi connectivity index (χ2n) is 0.408. The van der Waals surface area contributed by atoms with Crippen molar-refractivity contribution in [1.29, 1.82) is 0 Å². The quantitative estimate of drug-likeness (QED) is 0.236. The van der Waals surface area contributed by atoms with E-state index in [4.69, 9.17) is 17.5 Å². The van der Waals surface area contributed by atoms with Crippen LogP contribution >= 0.6 is 0 Å². The fraction of sp³-hybridized carbons (Fsp3) is 0. The Balaban J connectivity index is -0.00000000178. The summed E-state index contributed by atoms with van der Waals surface area (Å²) in [4.78, 5) is 0. The zero-order valence-electron chi connectivity index (χ0n) is 7.04. The molecule has 0 heterocycles. The molecular weight excluding hydrogens is 320 g/mol. The molecule has 0 aliphatic heterocycles. The molecule has 0 atom stereocenters. The van der Waals surface area contributed by atoms with Gasteiger partial charge in [-0.3, -0.25) is 8.42 Å². The van der Waals surface area contributed by atoms with Gasteiger partial charge in [0.25, 0.3) is 0 Å². The van der Waals surface area contributed by atoms with Gasteiger partial charge in [-0.15, -0.1) is 0 Å². The first kappa shape index (κ1) is 145. The first-order valence-corrected chi connectivity index (χ1v) is 2.00. The van der Waals surface area contributed by atoms with Crippen LogP contribution in [0.2, 0.25) is 0 Å². The molecule has 12 nitrogen and oxygen atoms in total. The molecule has 0 aromatic heterocycles. The number of rotatable bonds is 0. The van der Waals surface area contributed by atoms with Gasteiger partial charge in [0.05, 0.1) is 0 Å². The van der Waals surface area contributed by atoms with Crippen LogP contribution in [-0.2, 0) is 53.8 Å². The Kier molecular flexibility index (Phi) is 579. The van der Waals surface area contributed by atoms with Crippen molar-refractivity contribution in [2.75, 3.05) is 0 Å². The van der Waals surface area contributed by atoms with E-state index in [1.54, 1.807) is 0 Å². The standard InChI is InChI=1S/H2O4S.8H2O.2Ti/c1-5(2,3)4;;;;;;;;;;/h(H2,1,2,3,4);8*1H2;;/p-2. The Morgan fingerprint density at radius 3 is 0.533 bits per heavy atom. The molecule has 16 N–H and O–H groups in total. The second-order valence-corrected chi connectivity index (χ2v) is 1.22. The van der Waals surface area contributed by atoms with Crippen LogP contribution in [0.1, 0.15) is 0 Å². The Morgan fingerprint density at radius 2 is 0.533 bits per heavy atom. The Morgan fingerprint density at radius 1 is 0.533 bits per heavy atom. The van der Waals surface area contributed by atoms with Gasteiger partial charge in [-0.25, -0.2) is 0 Å². The molecule has 0 saturated heterocycles. The summed E-state index contributed by atoms with van der Waals surface area (Å²) in [5, 5.41) is 0. The van der Waals surface area contributed by atoms with Crippen molar-refractivity contribution in [2.24, 2.45) is 0 Å². The summed E-state index contributed by atoms with van der Waals surface area (Å²) in [6, 6.07) is 0. The second kappa shape index (κ2) is 60.1. The van der Waals surface area contributed by atoms with Crippen LogP contribution in [0, 0.1) is 0 Å². The summed E-state index contributed by atoms with van der Waals surface area (Å²) < 4.78 is 34.1. The minimum atomic E-state index is -5.17. The van der Waals surface area contributed by atoms with Crippen molar-refractivity contribution in [2.45, 2.75) is 0 Å². The molecule has 15 heteroatoms. The zero-order chi connectivity index (χ0) is 4.50. The number of hydrogen-bond acceptors (Lipinski definition) is 4. The van der Waals surface area contributed by atoms with E-state index in [-0.39, 0.29) is 87.2 Å². The molecule has 0 spiro atoms. The van der Waals surface area contributed by atoms with Gasteiger partial charge in [-0.2, -0.15) is 0 Å². The molecule has 0 bridgehead atoms. The number of hydrogen-bond donors (Lipinski definition) is 0. The summed E-state index contributed by atoms with van der Waals surface area (Å²) >= 11 is 0. The SMILES string of the molecule is O.O.O.O.O.O.O.O.O=S(=O)([O-])[O-].[Ti].[Ti]. The fourth-order valence-corrected chi connectivity index (χ4v) is 0. The van der Waals surface area contributed by atoms with E-state index in [9.17, 15) is 0 Å². The molecule has 0 fully saturated rings. The first-order chi connectivity index (χ1) is 2.00. The molecule has 15 heavy (non-hydrogen) atoms. The minimum Gasteiger partial charge on any atom is -0.759 e. The van der Waals surface area contributed by atoms with E-state index >= 15 is 0 Å². The van der Waals surface area contributed by atoms with Crippen LogP contribution < -0.4 is 0 Å². The first-order valence-electron chi connectivity index (χ1n) is 0.667. The smallest absolute Gasteiger partial charge is 0.0311 e. The molecule has 0 aromatic carbocycles. The van der Waals surface area contributed by atoms with E-state index in [2.05, 4.69) is 0 Å². The van der Waals surface area contributed by atoms with Gasteiger partial charge in [-0.1, -0.05) is 0 Å².